The van der Waals surface area contributed by atoms with Gasteiger partial charge in [-0.2, -0.15) is 0 Å². The number of rotatable bonds is 4. The minimum absolute atomic E-state index is 0. The summed E-state index contributed by atoms with van der Waals surface area (Å²) in [7, 11) is 0. The Hall–Kier alpha value is -1.13. The van der Waals surface area contributed by atoms with E-state index in [1.807, 2.05) is 6.07 Å². The van der Waals surface area contributed by atoms with E-state index in [1.165, 1.54) is 25.0 Å². The van der Waals surface area contributed by atoms with E-state index in [4.69, 9.17) is 0 Å². The van der Waals surface area contributed by atoms with Gasteiger partial charge in [-0.25, -0.2) is 4.39 Å². The van der Waals surface area contributed by atoms with Gasteiger partial charge in [-0.05, 0) is 62.4 Å². The smallest absolute Gasteiger partial charge is 0.230 e. The molecule has 22 heavy (non-hydrogen) atoms. The topological polar surface area (TPSA) is 41.1 Å². The van der Waals surface area contributed by atoms with Crippen molar-refractivity contribution in [2.24, 2.45) is 5.92 Å². The van der Waals surface area contributed by atoms with E-state index in [0.717, 1.165) is 44.5 Å². The maximum absolute atomic E-state index is 13.5. The molecule has 2 aliphatic rings. The largest absolute Gasteiger partial charge is 0.355 e. The van der Waals surface area contributed by atoms with Crippen LogP contribution >= 0.6 is 12.4 Å². The van der Waals surface area contributed by atoms with Gasteiger partial charge in [0.1, 0.15) is 5.82 Å². The number of amides is 1. The molecule has 5 heteroatoms. The van der Waals surface area contributed by atoms with E-state index in [0.29, 0.717) is 5.92 Å². The number of carbonyl (C=O) groups is 1. The molecule has 3 rings (SSSR count). The van der Waals surface area contributed by atoms with Crippen molar-refractivity contribution < 1.29 is 9.18 Å². The Morgan fingerprint density at radius 2 is 2.18 bits per heavy atom. The maximum atomic E-state index is 13.5. The predicted molar refractivity (Wildman–Crippen MR) is 87.8 cm³/mol. The third kappa shape index (κ3) is 3.44. The molecule has 1 aliphatic heterocycles. The van der Waals surface area contributed by atoms with Crippen LogP contribution in [0.3, 0.4) is 0 Å². The van der Waals surface area contributed by atoms with Crippen LogP contribution in [0.1, 0.15) is 37.7 Å². The molecule has 1 aromatic rings. The zero-order chi connectivity index (χ0) is 14.7. The zero-order valence-corrected chi connectivity index (χ0v) is 13.6. The molecule has 1 heterocycles. The van der Waals surface area contributed by atoms with Crippen LogP contribution in [0.4, 0.5) is 4.39 Å². The van der Waals surface area contributed by atoms with Crippen molar-refractivity contribution in [2.45, 2.75) is 37.5 Å². The summed E-state index contributed by atoms with van der Waals surface area (Å²) >= 11 is 0. The molecule has 1 atom stereocenters. The Morgan fingerprint density at radius 1 is 1.36 bits per heavy atom. The second-order valence-corrected chi connectivity index (χ2v) is 6.37. The second kappa shape index (κ2) is 7.42. The average Bonchev–Trinajstić information content (AvgIpc) is 2.45. The van der Waals surface area contributed by atoms with Gasteiger partial charge in [0, 0.05) is 6.54 Å². The van der Waals surface area contributed by atoms with E-state index in [2.05, 4.69) is 10.6 Å². The lowest BCUT2D eigenvalue weighted by Crippen LogP contribution is -2.51. The van der Waals surface area contributed by atoms with Crippen LogP contribution in [-0.2, 0) is 10.2 Å². The average molecular weight is 327 g/mol. The number of hydrogen-bond donors (Lipinski definition) is 2. The molecular formula is C17H24ClFN2O. The monoisotopic (exact) mass is 326 g/mol. The molecule has 0 spiro atoms. The van der Waals surface area contributed by atoms with Crippen molar-refractivity contribution in [3.63, 3.8) is 0 Å². The number of hydrogen-bond acceptors (Lipinski definition) is 2. The fourth-order valence-corrected chi connectivity index (χ4v) is 3.47. The second-order valence-electron chi connectivity index (χ2n) is 6.37. The van der Waals surface area contributed by atoms with Crippen LogP contribution in [-0.4, -0.2) is 25.5 Å². The predicted octanol–water partition coefficient (Wildman–Crippen LogP) is 2.79. The van der Waals surface area contributed by atoms with Crippen molar-refractivity contribution in [3.8, 4) is 0 Å². The number of halogens is 2. The highest BCUT2D eigenvalue weighted by atomic mass is 35.5. The number of carbonyl (C=O) groups excluding carboxylic acids is 1. The first-order valence-electron chi connectivity index (χ1n) is 7.96. The molecule has 2 N–H and O–H groups in total. The van der Waals surface area contributed by atoms with Crippen LogP contribution in [0.5, 0.6) is 0 Å². The Kier molecular flexibility index (Phi) is 5.81. The summed E-state index contributed by atoms with van der Waals surface area (Å²) in [6, 6.07) is 6.52. The molecule has 1 saturated heterocycles. The molecule has 1 saturated carbocycles. The van der Waals surface area contributed by atoms with Gasteiger partial charge in [0.2, 0.25) is 5.91 Å². The van der Waals surface area contributed by atoms with Gasteiger partial charge in [-0.1, -0.05) is 18.6 Å². The molecule has 122 valence electrons. The summed E-state index contributed by atoms with van der Waals surface area (Å²) in [4.78, 5) is 12.6. The Labute approximate surface area is 137 Å². The van der Waals surface area contributed by atoms with Crippen molar-refractivity contribution >= 4 is 18.3 Å². The van der Waals surface area contributed by atoms with Crippen LogP contribution in [0, 0.1) is 11.7 Å². The van der Waals surface area contributed by atoms with Crippen LogP contribution < -0.4 is 10.6 Å². The number of benzene rings is 1. The number of piperidine rings is 1. The van der Waals surface area contributed by atoms with Crippen molar-refractivity contribution in [1.29, 1.82) is 0 Å². The Balaban J connectivity index is 0.00000176. The maximum Gasteiger partial charge on any atom is 0.230 e. The lowest BCUT2D eigenvalue weighted by atomic mass is 9.63. The fraction of sp³-hybridized carbons (Fsp3) is 0.588. The first-order chi connectivity index (χ1) is 10.2. The van der Waals surface area contributed by atoms with Crippen molar-refractivity contribution in [2.75, 3.05) is 19.6 Å². The highest BCUT2D eigenvalue weighted by Gasteiger charge is 2.45. The van der Waals surface area contributed by atoms with E-state index < -0.39 is 5.41 Å². The zero-order valence-electron chi connectivity index (χ0n) is 12.7. The summed E-state index contributed by atoms with van der Waals surface area (Å²) in [6.45, 7) is 2.79. The molecule has 0 bridgehead atoms. The molecule has 2 fully saturated rings. The minimum Gasteiger partial charge on any atom is -0.355 e. The normalized spacial score (nSPS) is 23.0. The molecule has 1 amide bonds. The summed E-state index contributed by atoms with van der Waals surface area (Å²) in [5.74, 6) is 0.334. The molecule has 0 radical (unpaired) electrons. The standard InChI is InChI=1S/C17H23FN2O.ClH/c18-15-6-1-5-14(10-15)17(7-3-8-17)16(21)20-12-13-4-2-9-19-11-13;/h1,5-6,10,13,19H,2-4,7-9,11-12H2,(H,20,21);1H. The Bertz CT molecular complexity index is 513. The third-order valence-corrected chi connectivity index (χ3v) is 4.97. The van der Waals surface area contributed by atoms with Gasteiger partial charge in [0.15, 0.2) is 0 Å². The van der Waals surface area contributed by atoms with E-state index in [9.17, 15) is 9.18 Å². The van der Waals surface area contributed by atoms with E-state index in [-0.39, 0.29) is 24.1 Å². The van der Waals surface area contributed by atoms with Gasteiger partial charge in [-0.3, -0.25) is 4.79 Å². The van der Waals surface area contributed by atoms with Crippen LogP contribution in [0.25, 0.3) is 0 Å². The van der Waals surface area contributed by atoms with E-state index >= 15 is 0 Å². The molecular weight excluding hydrogens is 303 g/mol. The summed E-state index contributed by atoms with van der Waals surface area (Å²) in [6.07, 6.45) is 5.03. The van der Waals surface area contributed by atoms with Gasteiger partial charge < -0.3 is 10.6 Å². The quantitative estimate of drug-likeness (QED) is 0.893. The van der Waals surface area contributed by atoms with Gasteiger partial charge in [0.25, 0.3) is 0 Å². The van der Waals surface area contributed by atoms with Crippen LogP contribution in [0.2, 0.25) is 0 Å². The van der Waals surface area contributed by atoms with E-state index in [1.54, 1.807) is 6.07 Å². The lowest BCUT2D eigenvalue weighted by Gasteiger charge is -2.41. The van der Waals surface area contributed by atoms with Crippen molar-refractivity contribution in [1.82, 2.24) is 10.6 Å². The molecule has 3 nitrogen and oxygen atoms in total. The fourth-order valence-electron chi connectivity index (χ4n) is 3.47. The first-order valence-corrected chi connectivity index (χ1v) is 7.96. The minimum atomic E-state index is -0.496. The number of nitrogens with one attached hydrogen (secondary N) is 2. The summed E-state index contributed by atoms with van der Waals surface area (Å²) < 4.78 is 13.5. The van der Waals surface area contributed by atoms with Gasteiger partial charge >= 0.3 is 0 Å². The van der Waals surface area contributed by atoms with Gasteiger partial charge in [0.05, 0.1) is 5.41 Å². The highest BCUT2D eigenvalue weighted by molar-refractivity contribution is 5.89. The van der Waals surface area contributed by atoms with Crippen LogP contribution in [0.15, 0.2) is 24.3 Å². The molecule has 1 aliphatic carbocycles. The summed E-state index contributed by atoms with van der Waals surface area (Å²) in [5, 5.41) is 6.48. The van der Waals surface area contributed by atoms with Gasteiger partial charge in [-0.15, -0.1) is 12.4 Å². The molecule has 1 aromatic carbocycles. The Morgan fingerprint density at radius 3 is 2.77 bits per heavy atom. The SMILES string of the molecule is Cl.O=C(NCC1CCCNC1)C1(c2cccc(F)c2)CCC1. The highest BCUT2D eigenvalue weighted by Crippen LogP contribution is 2.44. The lowest BCUT2D eigenvalue weighted by molar-refractivity contribution is -0.130. The summed E-state index contributed by atoms with van der Waals surface area (Å²) in [5.41, 5.74) is 0.331. The molecule has 0 aromatic heterocycles. The molecule has 1 unspecified atom stereocenters. The third-order valence-electron chi connectivity index (χ3n) is 4.97. The first kappa shape index (κ1) is 17.2. The van der Waals surface area contributed by atoms with Crippen molar-refractivity contribution in [3.05, 3.63) is 35.6 Å².